The van der Waals surface area contributed by atoms with Gasteiger partial charge in [0.15, 0.2) is 0 Å². The Hall–Kier alpha value is -1.95. The normalized spacial score (nSPS) is 15.8. The lowest BCUT2D eigenvalue weighted by atomic mass is 9.99. The highest BCUT2D eigenvalue weighted by Gasteiger charge is 2.21. The minimum atomic E-state index is -0.338. The fourth-order valence-electron chi connectivity index (χ4n) is 3.11. The van der Waals surface area contributed by atoms with Crippen LogP contribution in [0, 0.1) is 5.92 Å². The molecule has 0 bridgehead atoms. The van der Waals surface area contributed by atoms with Crippen LogP contribution in [-0.4, -0.2) is 40.1 Å². The van der Waals surface area contributed by atoms with Gasteiger partial charge in [-0.05, 0) is 24.8 Å². The molecule has 1 aromatic carbocycles. The predicted octanol–water partition coefficient (Wildman–Crippen LogP) is 2.48. The molecule has 5 nitrogen and oxygen atoms in total. The molecule has 1 aromatic heterocycles. The lowest BCUT2D eigenvalue weighted by Gasteiger charge is -2.30. The van der Waals surface area contributed by atoms with Crippen molar-refractivity contribution >= 4 is 34.5 Å². The number of hydrogen-bond acceptors (Lipinski definition) is 3. The van der Waals surface area contributed by atoms with Crippen molar-refractivity contribution in [1.82, 2.24) is 9.47 Å². The SMILES string of the molecule is CC1CCN(C(=O)Cn2cc(SCC(N)=O)c3ccccc32)CC1. The molecule has 1 saturated heterocycles. The van der Waals surface area contributed by atoms with Gasteiger partial charge in [-0.3, -0.25) is 9.59 Å². The van der Waals surface area contributed by atoms with Crippen LogP contribution in [0.1, 0.15) is 19.8 Å². The Kier molecular flexibility index (Phi) is 5.14. The molecule has 1 aliphatic heterocycles. The van der Waals surface area contributed by atoms with Crippen LogP contribution < -0.4 is 5.73 Å². The van der Waals surface area contributed by atoms with Gasteiger partial charge in [-0.25, -0.2) is 0 Å². The Balaban J connectivity index is 1.78. The Morgan fingerprint density at radius 3 is 2.67 bits per heavy atom. The Labute approximate surface area is 146 Å². The molecule has 2 heterocycles. The number of nitrogens with zero attached hydrogens (tertiary/aromatic N) is 2. The highest BCUT2D eigenvalue weighted by Crippen LogP contribution is 2.30. The molecular formula is C18H23N3O2S. The van der Waals surface area contributed by atoms with E-state index in [9.17, 15) is 9.59 Å². The maximum absolute atomic E-state index is 12.6. The average Bonchev–Trinajstić information content (AvgIpc) is 2.91. The standard InChI is InChI=1S/C18H23N3O2S/c1-13-6-8-20(9-7-13)18(23)11-21-10-16(24-12-17(19)22)14-4-2-3-5-15(14)21/h2-5,10,13H,6-9,11-12H2,1H3,(H2,19,22). The molecule has 3 rings (SSSR count). The molecule has 1 fully saturated rings. The second-order valence-electron chi connectivity index (χ2n) is 6.46. The fourth-order valence-corrected chi connectivity index (χ4v) is 3.94. The van der Waals surface area contributed by atoms with Crippen LogP contribution in [0.3, 0.4) is 0 Å². The molecule has 2 N–H and O–H groups in total. The third kappa shape index (κ3) is 3.75. The zero-order chi connectivity index (χ0) is 17.1. The molecular weight excluding hydrogens is 322 g/mol. The van der Waals surface area contributed by atoms with Crippen LogP contribution in [0.15, 0.2) is 35.4 Å². The van der Waals surface area contributed by atoms with Crippen molar-refractivity contribution in [2.45, 2.75) is 31.2 Å². The van der Waals surface area contributed by atoms with Gasteiger partial charge in [-0.2, -0.15) is 0 Å². The minimum absolute atomic E-state index is 0.161. The van der Waals surface area contributed by atoms with Gasteiger partial charge in [0.1, 0.15) is 6.54 Å². The van der Waals surface area contributed by atoms with Crippen molar-refractivity contribution in [2.75, 3.05) is 18.8 Å². The van der Waals surface area contributed by atoms with Crippen molar-refractivity contribution in [1.29, 1.82) is 0 Å². The molecule has 0 unspecified atom stereocenters. The number of benzene rings is 1. The van der Waals surface area contributed by atoms with Crippen LogP contribution in [0.5, 0.6) is 0 Å². The van der Waals surface area contributed by atoms with Crippen molar-refractivity contribution in [3.63, 3.8) is 0 Å². The Bertz CT molecular complexity index is 748. The van der Waals surface area contributed by atoms with Gasteiger partial charge in [-0.15, -0.1) is 11.8 Å². The van der Waals surface area contributed by atoms with Crippen LogP contribution in [-0.2, 0) is 16.1 Å². The molecule has 24 heavy (non-hydrogen) atoms. The van der Waals surface area contributed by atoms with E-state index in [1.54, 1.807) is 0 Å². The first-order chi connectivity index (χ1) is 11.5. The Morgan fingerprint density at radius 2 is 1.96 bits per heavy atom. The van der Waals surface area contributed by atoms with Crippen molar-refractivity contribution in [3.05, 3.63) is 30.5 Å². The zero-order valence-corrected chi connectivity index (χ0v) is 14.7. The molecule has 0 radical (unpaired) electrons. The first kappa shape index (κ1) is 16.9. The van der Waals surface area contributed by atoms with E-state index in [1.807, 2.05) is 39.9 Å². The van der Waals surface area contributed by atoms with Gasteiger partial charge in [0, 0.05) is 35.1 Å². The van der Waals surface area contributed by atoms with E-state index in [0.29, 0.717) is 12.5 Å². The van der Waals surface area contributed by atoms with Gasteiger partial charge in [0.2, 0.25) is 11.8 Å². The van der Waals surface area contributed by atoms with Gasteiger partial charge in [0.05, 0.1) is 5.75 Å². The molecule has 128 valence electrons. The van der Waals surface area contributed by atoms with Gasteiger partial charge < -0.3 is 15.2 Å². The molecule has 0 aliphatic carbocycles. The molecule has 6 heteroatoms. The molecule has 0 saturated carbocycles. The fraction of sp³-hybridized carbons (Fsp3) is 0.444. The quantitative estimate of drug-likeness (QED) is 0.847. The van der Waals surface area contributed by atoms with E-state index < -0.39 is 0 Å². The third-order valence-corrected chi connectivity index (χ3v) is 5.63. The number of amides is 2. The van der Waals surface area contributed by atoms with Crippen LogP contribution in [0.4, 0.5) is 0 Å². The summed E-state index contributed by atoms with van der Waals surface area (Å²) in [6.07, 6.45) is 4.12. The summed E-state index contributed by atoms with van der Waals surface area (Å²) >= 11 is 1.42. The van der Waals surface area contributed by atoms with E-state index >= 15 is 0 Å². The summed E-state index contributed by atoms with van der Waals surface area (Å²) in [5.74, 6) is 0.772. The summed E-state index contributed by atoms with van der Waals surface area (Å²) in [4.78, 5) is 26.6. The number of primary amides is 1. The topological polar surface area (TPSA) is 68.3 Å². The van der Waals surface area contributed by atoms with Gasteiger partial charge in [0.25, 0.3) is 0 Å². The van der Waals surface area contributed by atoms with E-state index in [1.165, 1.54) is 11.8 Å². The summed E-state index contributed by atoms with van der Waals surface area (Å²) in [6, 6.07) is 7.96. The average molecular weight is 345 g/mol. The van der Waals surface area contributed by atoms with E-state index in [4.69, 9.17) is 5.73 Å². The smallest absolute Gasteiger partial charge is 0.242 e. The van der Waals surface area contributed by atoms with E-state index in [0.717, 1.165) is 41.7 Å². The maximum Gasteiger partial charge on any atom is 0.242 e. The summed E-state index contributed by atoms with van der Waals surface area (Å²) in [7, 11) is 0. The summed E-state index contributed by atoms with van der Waals surface area (Å²) in [5.41, 5.74) is 6.27. The largest absolute Gasteiger partial charge is 0.369 e. The van der Waals surface area contributed by atoms with Crippen molar-refractivity contribution < 1.29 is 9.59 Å². The summed E-state index contributed by atoms with van der Waals surface area (Å²) in [5, 5.41) is 1.06. The monoisotopic (exact) mass is 345 g/mol. The maximum atomic E-state index is 12.6. The molecule has 2 aromatic rings. The predicted molar refractivity (Wildman–Crippen MR) is 96.8 cm³/mol. The summed E-state index contributed by atoms with van der Waals surface area (Å²) in [6.45, 7) is 4.28. The third-order valence-electron chi connectivity index (χ3n) is 4.56. The number of rotatable bonds is 5. The number of hydrogen-bond donors (Lipinski definition) is 1. The number of carbonyl (C=O) groups is 2. The number of likely N-dealkylation sites (tertiary alicyclic amines) is 1. The van der Waals surface area contributed by atoms with Gasteiger partial charge in [-0.1, -0.05) is 25.1 Å². The zero-order valence-electron chi connectivity index (χ0n) is 13.9. The highest BCUT2D eigenvalue weighted by molar-refractivity contribution is 8.00. The molecule has 1 aliphatic rings. The van der Waals surface area contributed by atoms with E-state index in [-0.39, 0.29) is 17.6 Å². The number of aromatic nitrogens is 1. The number of nitrogens with two attached hydrogens (primary N) is 1. The lowest BCUT2D eigenvalue weighted by Crippen LogP contribution is -2.39. The number of piperidine rings is 1. The number of para-hydroxylation sites is 1. The highest BCUT2D eigenvalue weighted by atomic mass is 32.2. The van der Waals surface area contributed by atoms with Crippen LogP contribution >= 0.6 is 11.8 Å². The molecule has 0 spiro atoms. The molecule has 2 amide bonds. The minimum Gasteiger partial charge on any atom is -0.369 e. The first-order valence-electron chi connectivity index (χ1n) is 8.31. The van der Waals surface area contributed by atoms with E-state index in [2.05, 4.69) is 6.92 Å². The number of carbonyl (C=O) groups excluding carboxylic acids is 2. The van der Waals surface area contributed by atoms with Crippen molar-refractivity contribution in [2.24, 2.45) is 11.7 Å². The number of fused-ring (bicyclic) bond motifs is 1. The Morgan fingerprint density at radius 1 is 1.25 bits per heavy atom. The first-order valence-corrected chi connectivity index (χ1v) is 9.30. The van der Waals surface area contributed by atoms with Crippen molar-refractivity contribution in [3.8, 4) is 0 Å². The van der Waals surface area contributed by atoms with Gasteiger partial charge >= 0.3 is 0 Å². The summed E-state index contributed by atoms with van der Waals surface area (Å²) < 4.78 is 1.99. The van der Waals surface area contributed by atoms with Crippen LogP contribution in [0.25, 0.3) is 10.9 Å². The lowest BCUT2D eigenvalue weighted by molar-refractivity contribution is -0.133. The molecule has 0 atom stereocenters. The number of thioether (sulfide) groups is 1. The second-order valence-corrected chi connectivity index (χ2v) is 7.47. The van der Waals surface area contributed by atoms with Crippen LogP contribution in [0.2, 0.25) is 0 Å². The second kappa shape index (κ2) is 7.30.